The van der Waals surface area contributed by atoms with Gasteiger partial charge in [-0.15, -0.1) is 43.6 Å². The molecule has 4 aliphatic heterocycles. The summed E-state index contributed by atoms with van der Waals surface area (Å²) in [5, 5.41) is 147. The minimum absolute atomic E-state index is 0.0565. The number of nitrogens with zero attached hydrogens (tertiary/aromatic N) is 12. The van der Waals surface area contributed by atoms with Gasteiger partial charge in [-0.3, -0.25) is 4.68 Å². The second-order valence-corrected chi connectivity index (χ2v) is 18.1. The molecule has 0 saturated carbocycles. The Bertz CT molecular complexity index is 2300. The standard InChI is InChI=1S/C38H56Cl2N12O19/c1-2-49-3-18(43-45-49)13-65-35-32(61)30(59)26(55)21(68-35)8-51-6-19(44-48-51)14-66-36-33(62)29(58)25(54)20(67-36)7-50-4-16(41-46-50)11-64-12-17-5-52(47-42-17)9-22-27(56)34(63)38(15-39,70-22)71-37-31(60)28(57)24(40)23(10-53)69-37/h3-6,20-37,53-63H,2,7-15H2,1H3/t20-,21-,22-,23?,24+,25-,26-,27-,28+,29+,30+,31-,32+,33+,34+,35+,36+,37-,38?/m1/s1. The van der Waals surface area contributed by atoms with Gasteiger partial charge < -0.3 is 94.1 Å². The fourth-order valence-electron chi connectivity index (χ4n) is 8.18. The maximum Gasteiger partial charge on any atom is 0.214 e. The molecular formula is C38H56Cl2N12O19. The number of aliphatic hydroxyl groups is 11. The molecule has 4 fully saturated rings. The van der Waals surface area contributed by atoms with Gasteiger partial charge in [0, 0.05) is 6.54 Å². The van der Waals surface area contributed by atoms with E-state index in [-0.39, 0.29) is 51.8 Å². The molecule has 11 N–H and O–H groups in total. The molecule has 0 spiro atoms. The lowest BCUT2D eigenvalue weighted by Crippen LogP contribution is -2.61. The number of hydrogen-bond donors (Lipinski definition) is 11. The highest BCUT2D eigenvalue weighted by molar-refractivity contribution is 6.21. The van der Waals surface area contributed by atoms with Gasteiger partial charge in [0.25, 0.3) is 0 Å². The van der Waals surface area contributed by atoms with Gasteiger partial charge in [-0.1, -0.05) is 20.9 Å². The smallest absolute Gasteiger partial charge is 0.214 e. The van der Waals surface area contributed by atoms with E-state index in [0.29, 0.717) is 23.6 Å². The molecule has 8 rings (SSSR count). The van der Waals surface area contributed by atoms with Crippen LogP contribution in [0.15, 0.2) is 24.8 Å². The normalized spacial score (nSPS) is 37.8. The van der Waals surface area contributed by atoms with Crippen molar-refractivity contribution in [2.45, 2.75) is 175 Å². The molecule has 0 bridgehead atoms. The Morgan fingerprint density at radius 2 is 0.958 bits per heavy atom. The van der Waals surface area contributed by atoms with Crippen LogP contribution in [0.3, 0.4) is 0 Å². The van der Waals surface area contributed by atoms with Crippen molar-refractivity contribution in [2.75, 3.05) is 12.5 Å². The average Bonchev–Trinajstić information content (AvgIpc) is 4.24. The fraction of sp³-hybridized carbons (Fsp3) is 0.789. The summed E-state index contributed by atoms with van der Waals surface area (Å²) in [5.41, 5.74) is 1.41. The lowest BCUT2D eigenvalue weighted by Gasteiger charge is -2.43. The van der Waals surface area contributed by atoms with Crippen LogP contribution in [0, 0.1) is 0 Å². The first kappa shape index (κ1) is 53.7. The Kier molecular flexibility index (Phi) is 17.6. The zero-order chi connectivity index (χ0) is 50.7. The molecule has 2 unspecified atom stereocenters. The van der Waals surface area contributed by atoms with Gasteiger partial charge in [0.2, 0.25) is 5.79 Å². The number of aliphatic hydroxyl groups excluding tert-OH is 11. The van der Waals surface area contributed by atoms with Crippen molar-refractivity contribution in [3.05, 3.63) is 47.6 Å². The molecule has 4 aliphatic rings. The zero-order valence-corrected chi connectivity index (χ0v) is 39.1. The highest BCUT2D eigenvalue weighted by atomic mass is 35.5. The molecular weight excluding hydrogens is 999 g/mol. The maximum atomic E-state index is 10.9. The third kappa shape index (κ3) is 12.0. The number of ether oxygens (including phenoxy) is 8. The molecule has 0 radical (unpaired) electrons. The molecule has 0 aromatic carbocycles. The Labute approximate surface area is 411 Å². The first-order valence-electron chi connectivity index (χ1n) is 22.3. The van der Waals surface area contributed by atoms with Crippen LogP contribution in [0.4, 0.5) is 0 Å². The lowest BCUT2D eigenvalue weighted by atomic mass is 9.99. The largest absolute Gasteiger partial charge is 0.394 e. The number of halogens is 2. The predicted molar refractivity (Wildman–Crippen MR) is 226 cm³/mol. The van der Waals surface area contributed by atoms with Gasteiger partial charge >= 0.3 is 0 Å². The lowest BCUT2D eigenvalue weighted by molar-refractivity contribution is -0.358. The molecule has 4 aromatic rings. The minimum atomic E-state index is -2.11. The highest BCUT2D eigenvalue weighted by Gasteiger charge is 2.58. The number of aromatic nitrogens is 12. The van der Waals surface area contributed by atoms with E-state index in [2.05, 4.69) is 41.2 Å². The van der Waals surface area contributed by atoms with Crippen molar-refractivity contribution in [2.24, 2.45) is 0 Å². The third-order valence-corrected chi connectivity index (χ3v) is 13.1. The monoisotopic (exact) mass is 1050 g/mol. The fourth-order valence-corrected chi connectivity index (χ4v) is 8.75. The van der Waals surface area contributed by atoms with E-state index < -0.39 is 128 Å². The van der Waals surface area contributed by atoms with Crippen LogP contribution in [0.5, 0.6) is 0 Å². The highest BCUT2D eigenvalue weighted by Crippen LogP contribution is 2.38. The number of alkyl halides is 2. The Morgan fingerprint density at radius 1 is 0.535 bits per heavy atom. The summed E-state index contributed by atoms with van der Waals surface area (Å²) in [6, 6.07) is 0. The van der Waals surface area contributed by atoms with Crippen molar-refractivity contribution in [3.8, 4) is 0 Å². The van der Waals surface area contributed by atoms with E-state index in [1.54, 1.807) is 10.9 Å². The van der Waals surface area contributed by atoms with Crippen molar-refractivity contribution in [1.82, 2.24) is 60.0 Å². The van der Waals surface area contributed by atoms with E-state index in [1.165, 1.54) is 32.6 Å². The van der Waals surface area contributed by atoms with Gasteiger partial charge in [-0.25, -0.2) is 14.0 Å². The molecule has 4 aromatic heterocycles. The van der Waals surface area contributed by atoms with Gasteiger partial charge in [0.05, 0.1) is 88.7 Å². The van der Waals surface area contributed by atoms with Crippen LogP contribution < -0.4 is 0 Å². The molecule has 33 heteroatoms. The summed E-state index contributed by atoms with van der Waals surface area (Å²) in [6.45, 7) is 0.961. The van der Waals surface area contributed by atoms with Crippen LogP contribution in [-0.2, 0) is 90.5 Å². The summed E-state index contributed by atoms with van der Waals surface area (Å²) in [5.74, 6) is -2.65. The molecule has 4 saturated heterocycles. The topological polar surface area (TPSA) is 419 Å². The van der Waals surface area contributed by atoms with Crippen LogP contribution in [-0.4, -0.2) is 244 Å². The zero-order valence-electron chi connectivity index (χ0n) is 37.6. The summed E-state index contributed by atoms with van der Waals surface area (Å²) < 4.78 is 51.3. The molecule has 71 heavy (non-hydrogen) atoms. The Morgan fingerprint density at radius 3 is 1.41 bits per heavy atom. The summed E-state index contributed by atoms with van der Waals surface area (Å²) in [7, 11) is 0. The van der Waals surface area contributed by atoms with Gasteiger partial charge in [-0.2, -0.15) is 0 Å². The van der Waals surface area contributed by atoms with Gasteiger partial charge in [0.15, 0.2) is 18.9 Å². The van der Waals surface area contributed by atoms with Crippen molar-refractivity contribution < 1.29 is 94.1 Å². The number of hydrogen-bond acceptors (Lipinski definition) is 27. The SMILES string of the molecule is CCn1cc(CO[C@H]2O[C@H](Cn3cc(CO[C@H]4O[C@H](Cn5cc(COCc6cn(C[C@H]7OC(CCl)(O[C@H]8OC(CO)[C@H](Cl)[C@H](O)[C@H]8O)[C@@H](O)[C@@H]7O)nn6)nn5)[C@@H](O)[C@H](O)[C@@H]4O)nn3)[C@@H](O)[C@H](O)[C@@H]2O)nn1. The second kappa shape index (κ2) is 23.3. The molecule has 31 nitrogen and oxygen atoms in total. The molecule has 0 amide bonds. The van der Waals surface area contributed by atoms with E-state index in [4.69, 9.17) is 61.1 Å². The second-order valence-electron chi connectivity index (χ2n) is 17.3. The van der Waals surface area contributed by atoms with E-state index in [1.807, 2.05) is 6.92 Å². The quantitative estimate of drug-likeness (QED) is 0.0345. The Hall–Kier alpha value is -3.62. The Balaban J connectivity index is 0.782. The first-order chi connectivity index (χ1) is 34.0. The number of aryl methyl sites for hydroxylation is 1. The molecule has 0 aliphatic carbocycles. The van der Waals surface area contributed by atoms with Gasteiger partial charge in [0.1, 0.15) is 108 Å². The van der Waals surface area contributed by atoms with Crippen molar-refractivity contribution >= 4 is 23.2 Å². The van der Waals surface area contributed by atoms with E-state index >= 15 is 0 Å². The maximum absolute atomic E-state index is 10.9. The molecule has 19 atom stereocenters. The van der Waals surface area contributed by atoms with Crippen LogP contribution >= 0.6 is 23.2 Å². The summed E-state index contributed by atoms with van der Waals surface area (Å²) in [6.07, 6.45) is -19.0. The molecule has 396 valence electrons. The number of rotatable bonds is 21. The van der Waals surface area contributed by atoms with E-state index in [0.717, 1.165) is 0 Å². The van der Waals surface area contributed by atoms with Crippen molar-refractivity contribution in [1.29, 1.82) is 0 Å². The third-order valence-electron chi connectivity index (χ3n) is 12.2. The summed E-state index contributed by atoms with van der Waals surface area (Å²) in [4.78, 5) is 0. The predicted octanol–water partition coefficient (Wildman–Crippen LogP) is -7.04. The summed E-state index contributed by atoms with van der Waals surface area (Å²) >= 11 is 12.2. The average molecular weight is 1060 g/mol. The minimum Gasteiger partial charge on any atom is -0.394 e. The molecule has 8 heterocycles. The van der Waals surface area contributed by atoms with Gasteiger partial charge in [-0.05, 0) is 6.92 Å². The van der Waals surface area contributed by atoms with E-state index in [9.17, 15) is 56.2 Å². The van der Waals surface area contributed by atoms with Crippen molar-refractivity contribution in [3.63, 3.8) is 0 Å². The van der Waals surface area contributed by atoms with Crippen LogP contribution in [0.25, 0.3) is 0 Å². The van der Waals surface area contributed by atoms with Crippen LogP contribution in [0.1, 0.15) is 29.7 Å². The first-order valence-corrected chi connectivity index (χ1v) is 23.3. The van der Waals surface area contributed by atoms with Crippen LogP contribution in [0.2, 0.25) is 0 Å².